The van der Waals surface area contributed by atoms with Crippen LogP contribution in [0.4, 0.5) is 0 Å². The van der Waals surface area contributed by atoms with E-state index in [4.69, 9.17) is 5.11 Å². The molecule has 0 spiro atoms. The average Bonchev–Trinajstić information content (AvgIpc) is 2.73. The second kappa shape index (κ2) is 13.5. The lowest BCUT2D eigenvalue weighted by atomic mass is 9.87. The van der Waals surface area contributed by atoms with Crippen LogP contribution in [0.5, 0.6) is 0 Å². The largest absolute Gasteiger partial charge is 0.390 e. The topological polar surface area (TPSA) is 58.9 Å². The van der Waals surface area contributed by atoms with Gasteiger partial charge in [0.15, 0.2) is 0 Å². The number of aliphatic hydroxyl groups is 1. The molecule has 0 atom stereocenters. The van der Waals surface area contributed by atoms with Gasteiger partial charge in [-0.15, -0.1) is 0 Å². The van der Waals surface area contributed by atoms with Crippen LogP contribution in [-0.4, -0.2) is 20.1 Å². The average molecular weight is 480 g/mol. The quantitative estimate of drug-likeness (QED) is 0.385. The Morgan fingerprint density at radius 3 is 1.14 bits per heavy atom. The Hall–Kier alpha value is -2.59. The smallest absolute Gasteiger partial charge is 0.0853 e. The summed E-state index contributed by atoms with van der Waals surface area (Å²) in [6.45, 7) is 23.8. The highest BCUT2D eigenvalue weighted by Crippen LogP contribution is 2.23. The van der Waals surface area contributed by atoms with Gasteiger partial charge in [0.2, 0.25) is 0 Å². The van der Waals surface area contributed by atoms with Crippen LogP contribution < -0.4 is 0 Å². The van der Waals surface area contributed by atoms with Crippen LogP contribution in [0.25, 0.3) is 0 Å². The molecule has 0 amide bonds. The van der Waals surface area contributed by atoms with E-state index in [-0.39, 0.29) is 30.3 Å². The lowest BCUT2D eigenvalue weighted by Gasteiger charge is -2.18. The molecule has 3 rings (SSSR count). The van der Waals surface area contributed by atoms with Gasteiger partial charge in [-0.05, 0) is 83.2 Å². The summed E-state index contributed by atoms with van der Waals surface area (Å²) in [5.74, 6) is 0. The van der Waals surface area contributed by atoms with Crippen molar-refractivity contribution in [3.05, 3.63) is 88.8 Å². The molecule has 0 aliphatic carbocycles. The van der Waals surface area contributed by atoms with Crippen molar-refractivity contribution in [1.82, 2.24) is 15.0 Å². The number of nitrogens with zero attached hydrogens (tertiary/aromatic N) is 3. The van der Waals surface area contributed by atoms with Gasteiger partial charge >= 0.3 is 0 Å². The molecule has 0 aromatic carbocycles. The summed E-state index contributed by atoms with van der Waals surface area (Å²) in [5.41, 5.74) is 7.46. The van der Waals surface area contributed by atoms with Gasteiger partial charge in [0.05, 0.1) is 12.3 Å². The van der Waals surface area contributed by atoms with E-state index in [2.05, 4.69) is 102 Å². The first kappa shape index (κ1) is 32.4. The molecule has 194 valence electrons. The molecule has 4 heteroatoms. The van der Waals surface area contributed by atoms with Crippen molar-refractivity contribution < 1.29 is 5.11 Å². The molecule has 0 saturated carbocycles. The van der Waals surface area contributed by atoms with E-state index in [0.29, 0.717) is 0 Å². The maximum absolute atomic E-state index is 8.87. The molecule has 0 unspecified atom stereocenters. The monoisotopic (exact) mass is 479 g/mol. The van der Waals surface area contributed by atoms with Crippen molar-refractivity contribution in [2.45, 2.75) is 106 Å². The number of hydrogen-bond acceptors (Lipinski definition) is 4. The molecule has 0 aliphatic heterocycles. The number of pyridine rings is 3. The van der Waals surface area contributed by atoms with E-state index in [9.17, 15) is 0 Å². The zero-order chi connectivity index (χ0) is 26.2. The summed E-state index contributed by atoms with van der Waals surface area (Å²) in [7, 11) is 0. The number of aliphatic hydroxyl groups excluding tert-OH is 1. The van der Waals surface area contributed by atoms with Crippen LogP contribution in [-0.2, 0) is 22.9 Å². The van der Waals surface area contributed by atoms with Crippen LogP contribution in [0, 0.1) is 13.8 Å². The van der Waals surface area contributed by atoms with Gasteiger partial charge in [-0.25, -0.2) is 0 Å². The van der Waals surface area contributed by atoms with E-state index >= 15 is 0 Å². The highest BCUT2D eigenvalue weighted by Gasteiger charge is 2.14. The number of aromatic nitrogens is 3. The summed E-state index contributed by atoms with van der Waals surface area (Å²) >= 11 is 0. The normalized spacial score (nSPS) is 11.3. The first-order valence-electron chi connectivity index (χ1n) is 12.0. The number of rotatable bonds is 1. The first-order valence-corrected chi connectivity index (χ1v) is 12.0. The molecule has 35 heavy (non-hydrogen) atoms. The third kappa shape index (κ3) is 12.1. The van der Waals surface area contributed by atoms with Gasteiger partial charge < -0.3 is 5.11 Å². The Bertz CT molecular complexity index is 967. The third-order valence-electron chi connectivity index (χ3n) is 5.37. The van der Waals surface area contributed by atoms with E-state index in [1.807, 2.05) is 38.4 Å². The maximum atomic E-state index is 8.87. The van der Waals surface area contributed by atoms with Crippen LogP contribution in [0.3, 0.4) is 0 Å². The molecule has 0 bridgehead atoms. The van der Waals surface area contributed by atoms with Crippen molar-refractivity contribution >= 4 is 0 Å². The summed E-state index contributed by atoms with van der Waals surface area (Å²) < 4.78 is 0. The molecule has 3 aromatic rings. The predicted molar refractivity (Wildman–Crippen MR) is 151 cm³/mol. The fraction of sp³-hybridized carbons (Fsp3) is 0.516. The zero-order valence-electron chi connectivity index (χ0n) is 23.2. The molecule has 0 radical (unpaired) electrons. The molecule has 3 aromatic heterocycles. The summed E-state index contributed by atoms with van der Waals surface area (Å²) in [6.07, 6.45) is 5.48. The summed E-state index contributed by atoms with van der Waals surface area (Å²) in [6, 6.07) is 12.4. The first-order chi connectivity index (χ1) is 15.5. The minimum Gasteiger partial charge on any atom is -0.390 e. The molecular weight excluding hydrogens is 430 g/mol. The van der Waals surface area contributed by atoms with Crippen molar-refractivity contribution in [2.24, 2.45) is 0 Å². The zero-order valence-corrected chi connectivity index (χ0v) is 23.2. The predicted octanol–water partition coefficient (Wildman–Crippen LogP) is 7.88. The second-order valence-electron chi connectivity index (χ2n) is 11.8. The molecule has 3 heterocycles. The SMILES string of the molecule is C.CC(C)(C)c1ccnc(CO)c1.Cc1cc(C(C)(C)C)ccn1.Cc1cc(C(C)(C)C)ccn1. The van der Waals surface area contributed by atoms with Crippen molar-refractivity contribution in [3.63, 3.8) is 0 Å². The van der Waals surface area contributed by atoms with Crippen molar-refractivity contribution in [2.75, 3.05) is 0 Å². The van der Waals surface area contributed by atoms with Gasteiger partial charge in [-0.1, -0.05) is 69.7 Å². The molecule has 4 nitrogen and oxygen atoms in total. The van der Waals surface area contributed by atoms with Gasteiger partial charge in [0, 0.05) is 30.0 Å². The summed E-state index contributed by atoms with van der Waals surface area (Å²) in [5, 5.41) is 8.87. The fourth-order valence-corrected chi connectivity index (χ4v) is 3.06. The molecule has 0 aliphatic rings. The van der Waals surface area contributed by atoms with E-state index in [1.165, 1.54) is 16.7 Å². The van der Waals surface area contributed by atoms with E-state index in [0.717, 1.165) is 17.1 Å². The highest BCUT2D eigenvalue weighted by atomic mass is 16.3. The Balaban J connectivity index is 0.000000489. The maximum Gasteiger partial charge on any atom is 0.0853 e. The number of hydrogen-bond donors (Lipinski definition) is 1. The minimum absolute atomic E-state index is 0. The minimum atomic E-state index is 0. The fourth-order valence-electron chi connectivity index (χ4n) is 3.06. The van der Waals surface area contributed by atoms with Crippen molar-refractivity contribution in [1.29, 1.82) is 0 Å². The van der Waals surface area contributed by atoms with Gasteiger partial charge in [-0.3, -0.25) is 15.0 Å². The number of aryl methyl sites for hydroxylation is 2. The molecule has 0 saturated heterocycles. The van der Waals surface area contributed by atoms with Crippen LogP contribution in [0.15, 0.2) is 55.0 Å². The van der Waals surface area contributed by atoms with Crippen LogP contribution in [0.1, 0.15) is 104 Å². The highest BCUT2D eigenvalue weighted by molar-refractivity contribution is 5.24. The van der Waals surface area contributed by atoms with Crippen LogP contribution in [0.2, 0.25) is 0 Å². The Morgan fingerprint density at radius 2 is 0.886 bits per heavy atom. The van der Waals surface area contributed by atoms with Crippen molar-refractivity contribution in [3.8, 4) is 0 Å². The molecule has 1 N–H and O–H groups in total. The van der Waals surface area contributed by atoms with Crippen LogP contribution >= 0.6 is 0 Å². The third-order valence-corrected chi connectivity index (χ3v) is 5.37. The second-order valence-corrected chi connectivity index (χ2v) is 11.8. The van der Waals surface area contributed by atoms with Gasteiger partial charge in [0.25, 0.3) is 0 Å². The standard InChI is InChI=1S/C10H15NO.2C10H15N.CH4/c1-10(2,3)8-4-5-11-9(6-8)7-12;2*1-8-7-9(5-6-11-8)10(2,3)4;/h4-6,12H,7H2,1-3H3;2*5-7H,1-4H3;1H4. The van der Waals surface area contributed by atoms with E-state index in [1.54, 1.807) is 6.20 Å². The van der Waals surface area contributed by atoms with Gasteiger partial charge in [-0.2, -0.15) is 0 Å². The Kier molecular flexibility index (Phi) is 12.5. The Labute approximate surface area is 215 Å². The molecule has 0 fully saturated rings. The Morgan fingerprint density at radius 1 is 0.571 bits per heavy atom. The summed E-state index contributed by atoms with van der Waals surface area (Å²) in [4.78, 5) is 12.3. The lowest BCUT2D eigenvalue weighted by molar-refractivity contribution is 0.276. The van der Waals surface area contributed by atoms with Gasteiger partial charge in [0.1, 0.15) is 0 Å². The van der Waals surface area contributed by atoms with E-state index < -0.39 is 0 Å². The molecular formula is C31H49N3O. The lowest BCUT2D eigenvalue weighted by Crippen LogP contribution is -2.11.